The second kappa shape index (κ2) is 9.27. The lowest BCUT2D eigenvalue weighted by Gasteiger charge is -2.28. The average molecular weight is 377 g/mol. The number of carbonyl (C=O) groups excluding carboxylic acids is 1. The topological polar surface area (TPSA) is 49.8 Å². The molecule has 0 amide bonds. The molecule has 146 valence electrons. The molecule has 0 unspecified atom stereocenters. The molecule has 2 aromatic rings. The molecule has 0 spiro atoms. The van der Waals surface area contributed by atoms with E-state index in [1.807, 2.05) is 30.3 Å². The summed E-state index contributed by atoms with van der Waals surface area (Å²) in [7, 11) is 1.54. The van der Waals surface area contributed by atoms with E-state index in [9.17, 15) is 9.90 Å². The van der Waals surface area contributed by atoms with E-state index >= 15 is 0 Å². The normalized spacial score (nSPS) is 14.2. The molecule has 3 rings (SSSR count). The predicted octanol–water partition coefficient (Wildman–Crippen LogP) is 5.02. The zero-order chi connectivity index (χ0) is 19.9. The molecule has 0 atom stereocenters. The Morgan fingerprint density at radius 3 is 2.54 bits per heavy atom. The van der Waals surface area contributed by atoms with Crippen LogP contribution in [0.4, 0.5) is 5.69 Å². The van der Waals surface area contributed by atoms with Crippen LogP contribution in [0.15, 0.2) is 55.1 Å². The molecular weight excluding hydrogens is 350 g/mol. The van der Waals surface area contributed by atoms with Crippen LogP contribution in [0.2, 0.25) is 0 Å². The van der Waals surface area contributed by atoms with Crippen LogP contribution in [-0.4, -0.2) is 31.1 Å². The van der Waals surface area contributed by atoms with Crippen molar-refractivity contribution >= 4 is 17.5 Å². The molecular formula is C24H27NO3. The summed E-state index contributed by atoms with van der Waals surface area (Å²) in [4.78, 5) is 14.9. The molecule has 28 heavy (non-hydrogen) atoms. The second-order valence-corrected chi connectivity index (χ2v) is 7.01. The number of ketones is 1. The fraction of sp³-hybridized carbons (Fsp3) is 0.292. The number of phenolic OH excluding ortho intramolecular Hbond substituents is 1. The first kappa shape index (κ1) is 19.7. The smallest absolute Gasteiger partial charge is 0.185 e. The van der Waals surface area contributed by atoms with Gasteiger partial charge in [-0.15, -0.1) is 6.58 Å². The van der Waals surface area contributed by atoms with Gasteiger partial charge in [0.1, 0.15) is 11.5 Å². The Morgan fingerprint density at radius 2 is 1.89 bits per heavy atom. The Labute approximate surface area is 166 Å². The number of ether oxygens (including phenoxy) is 1. The van der Waals surface area contributed by atoms with E-state index in [2.05, 4.69) is 11.5 Å². The van der Waals surface area contributed by atoms with Crippen LogP contribution in [0.1, 0.15) is 40.7 Å². The van der Waals surface area contributed by atoms with Crippen molar-refractivity contribution in [2.75, 3.05) is 25.1 Å². The highest BCUT2D eigenvalue weighted by Gasteiger charge is 2.12. The molecule has 1 N–H and O–H groups in total. The van der Waals surface area contributed by atoms with E-state index in [0.29, 0.717) is 17.7 Å². The van der Waals surface area contributed by atoms with Crippen molar-refractivity contribution < 1.29 is 14.6 Å². The standard InChI is InChI=1S/C24H27NO3/c1-3-7-19-16-20(24(28-2)17-23(19)27)10-13-22(26)18-8-11-21(12-9-18)25-14-5-4-6-15-25/h3,8-13,16-17,27H,1,4-7,14-15H2,2H3/b13-10+. The van der Waals surface area contributed by atoms with Crippen LogP contribution in [0.5, 0.6) is 11.5 Å². The van der Waals surface area contributed by atoms with Gasteiger partial charge in [-0.1, -0.05) is 6.08 Å². The van der Waals surface area contributed by atoms with E-state index in [-0.39, 0.29) is 11.5 Å². The summed E-state index contributed by atoms with van der Waals surface area (Å²) in [5.74, 6) is 0.619. The molecule has 1 aliphatic rings. The maximum absolute atomic E-state index is 12.6. The number of piperidine rings is 1. The molecule has 4 nitrogen and oxygen atoms in total. The minimum atomic E-state index is -0.0643. The maximum Gasteiger partial charge on any atom is 0.185 e. The van der Waals surface area contributed by atoms with Crippen LogP contribution in [0.25, 0.3) is 6.08 Å². The molecule has 2 aromatic carbocycles. The quantitative estimate of drug-likeness (QED) is 0.418. The highest BCUT2D eigenvalue weighted by molar-refractivity contribution is 6.07. The first-order valence-corrected chi connectivity index (χ1v) is 9.70. The number of aromatic hydroxyl groups is 1. The average Bonchev–Trinajstić information content (AvgIpc) is 2.74. The number of rotatable bonds is 7. The fourth-order valence-electron chi connectivity index (χ4n) is 3.51. The van der Waals surface area contributed by atoms with E-state index in [1.165, 1.54) is 24.9 Å². The summed E-state index contributed by atoms with van der Waals surface area (Å²) in [5, 5.41) is 10.0. The minimum absolute atomic E-state index is 0.0643. The zero-order valence-electron chi connectivity index (χ0n) is 16.4. The first-order valence-electron chi connectivity index (χ1n) is 9.70. The van der Waals surface area contributed by atoms with Gasteiger partial charge in [-0.05, 0) is 73.7 Å². The molecule has 1 heterocycles. The SMILES string of the molecule is C=CCc1cc(/C=C/C(=O)c2ccc(N3CCCCC3)cc2)c(OC)cc1O. The number of phenols is 1. The fourth-order valence-corrected chi connectivity index (χ4v) is 3.51. The number of nitrogens with zero attached hydrogens (tertiary/aromatic N) is 1. The van der Waals surface area contributed by atoms with Crippen molar-refractivity contribution in [3.63, 3.8) is 0 Å². The number of hydrogen-bond acceptors (Lipinski definition) is 4. The lowest BCUT2D eigenvalue weighted by Crippen LogP contribution is -2.29. The Bertz CT molecular complexity index is 862. The van der Waals surface area contributed by atoms with Gasteiger partial charge < -0.3 is 14.7 Å². The molecule has 1 saturated heterocycles. The van der Waals surface area contributed by atoms with Gasteiger partial charge in [-0.2, -0.15) is 0 Å². The lowest BCUT2D eigenvalue weighted by molar-refractivity contribution is 0.104. The van der Waals surface area contributed by atoms with Crippen molar-refractivity contribution in [3.8, 4) is 11.5 Å². The van der Waals surface area contributed by atoms with Crippen molar-refractivity contribution in [2.24, 2.45) is 0 Å². The van der Waals surface area contributed by atoms with Crippen LogP contribution < -0.4 is 9.64 Å². The van der Waals surface area contributed by atoms with Crippen LogP contribution in [0.3, 0.4) is 0 Å². The van der Waals surface area contributed by atoms with E-state index in [4.69, 9.17) is 4.74 Å². The van der Waals surface area contributed by atoms with E-state index in [0.717, 1.165) is 24.2 Å². The van der Waals surface area contributed by atoms with Gasteiger partial charge >= 0.3 is 0 Å². The Kier molecular flexibility index (Phi) is 6.53. The first-order chi connectivity index (χ1) is 13.6. The number of allylic oxidation sites excluding steroid dienone is 2. The van der Waals surface area contributed by atoms with Gasteiger partial charge in [0, 0.05) is 36.0 Å². The van der Waals surface area contributed by atoms with E-state index < -0.39 is 0 Å². The molecule has 0 aromatic heterocycles. The molecule has 0 saturated carbocycles. The predicted molar refractivity (Wildman–Crippen MR) is 114 cm³/mol. The summed E-state index contributed by atoms with van der Waals surface area (Å²) in [6.07, 6.45) is 9.30. The van der Waals surface area contributed by atoms with Gasteiger partial charge in [0.2, 0.25) is 0 Å². The van der Waals surface area contributed by atoms with Gasteiger partial charge in [0.05, 0.1) is 7.11 Å². The summed E-state index contributed by atoms with van der Waals surface area (Å²) in [6, 6.07) is 11.2. The molecule has 1 fully saturated rings. The summed E-state index contributed by atoms with van der Waals surface area (Å²) >= 11 is 0. The van der Waals surface area contributed by atoms with Crippen molar-refractivity contribution in [2.45, 2.75) is 25.7 Å². The van der Waals surface area contributed by atoms with Crippen molar-refractivity contribution in [1.82, 2.24) is 0 Å². The largest absolute Gasteiger partial charge is 0.508 e. The van der Waals surface area contributed by atoms with E-state index in [1.54, 1.807) is 31.4 Å². The number of anilines is 1. The Morgan fingerprint density at radius 1 is 1.18 bits per heavy atom. The molecule has 1 aliphatic heterocycles. The number of hydrogen-bond donors (Lipinski definition) is 1. The third-order valence-electron chi connectivity index (χ3n) is 5.08. The van der Waals surface area contributed by atoms with Crippen LogP contribution >= 0.6 is 0 Å². The van der Waals surface area contributed by atoms with Crippen molar-refractivity contribution in [3.05, 3.63) is 71.8 Å². The molecule has 0 radical (unpaired) electrons. The van der Waals surface area contributed by atoms with Crippen LogP contribution in [0, 0.1) is 0 Å². The van der Waals surface area contributed by atoms with Gasteiger partial charge in [0.25, 0.3) is 0 Å². The van der Waals surface area contributed by atoms with Gasteiger partial charge in [-0.3, -0.25) is 4.79 Å². The highest BCUT2D eigenvalue weighted by Crippen LogP contribution is 2.30. The molecule has 4 heteroatoms. The summed E-state index contributed by atoms with van der Waals surface area (Å²) < 4.78 is 5.33. The zero-order valence-corrected chi connectivity index (χ0v) is 16.4. The van der Waals surface area contributed by atoms with Gasteiger partial charge in [0.15, 0.2) is 5.78 Å². The summed E-state index contributed by atoms with van der Waals surface area (Å²) in [5.41, 5.74) is 3.32. The lowest BCUT2D eigenvalue weighted by atomic mass is 10.0. The van der Waals surface area contributed by atoms with Gasteiger partial charge in [-0.25, -0.2) is 0 Å². The summed E-state index contributed by atoms with van der Waals surface area (Å²) in [6.45, 7) is 5.87. The third-order valence-corrected chi connectivity index (χ3v) is 5.08. The number of carbonyl (C=O) groups is 1. The van der Waals surface area contributed by atoms with Crippen molar-refractivity contribution in [1.29, 1.82) is 0 Å². The number of methoxy groups -OCH3 is 1. The highest BCUT2D eigenvalue weighted by atomic mass is 16.5. The second-order valence-electron chi connectivity index (χ2n) is 7.01. The third kappa shape index (κ3) is 4.63. The number of benzene rings is 2. The molecule has 0 aliphatic carbocycles. The Balaban J connectivity index is 1.75. The minimum Gasteiger partial charge on any atom is -0.508 e. The Hall–Kier alpha value is -3.01. The monoisotopic (exact) mass is 377 g/mol. The molecule has 0 bridgehead atoms. The maximum atomic E-state index is 12.6. The van der Waals surface area contributed by atoms with Crippen LogP contribution in [-0.2, 0) is 6.42 Å².